The Bertz CT molecular complexity index is 803. The second kappa shape index (κ2) is 8.63. The van der Waals surface area contributed by atoms with E-state index in [-0.39, 0.29) is 12.6 Å². The topological polar surface area (TPSA) is 73.8 Å². The fourth-order valence-corrected chi connectivity index (χ4v) is 3.83. The number of likely N-dealkylation sites (tertiary alicyclic amines) is 1. The van der Waals surface area contributed by atoms with Gasteiger partial charge in [-0.3, -0.25) is 4.90 Å². The summed E-state index contributed by atoms with van der Waals surface area (Å²) in [5.41, 5.74) is 3.05. The number of nitrogens with one attached hydrogen (secondary N) is 2. The Morgan fingerprint density at radius 2 is 1.79 bits per heavy atom. The fraction of sp³-hybridized carbons (Fsp3) is 0.409. The van der Waals surface area contributed by atoms with Crippen molar-refractivity contribution in [1.82, 2.24) is 15.5 Å². The molecule has 0 bridgehead atoms. The summed E-state index contributed by atoms with van der Waals surface area (Å²) < 4.78 is 5.63. The highest BCUT2D eigenvalue weighted by Gasteiger charge is 2.30. The van der Waals surface area contributed by atoms with Crippen LogP contribution in [0.4, 0.5) is 4.79 Å². The number of fused-ring (bicyclic) bond motifs is 1. The predicted molar refractivity (Wildman–Crippen MR) is 107 cm³/mol. The van der Waals surface area contributed by atoms with Gasteiger partial charge >= 0.3 is 6.03 Å². The minimum atomic E-state index is -0.777. The number of hydrogen-bond donors (Lipinski definition) is 3. The SMILES string of the molecule is O=C(NCc1ccc(CN2CCCC2)cc1)NC1COc2ccccc2C1O. The molecule has 28 heavy (non-hydrogen) atoms. The molecule has 0 aromatic heterocycles. The van der Waals surface area contributed by atoms with E-state index in [4.69, 9.17) is 4.74 Å². The first-order chi connectivity index (χ1) is 13.7. The monoisotopic (exact) mass is 381 g/mol. The molecule has 0 aliphatic carbocycles. The summed E-state index contributed by atoms with van der Waals surface area (Å²) in [4.78, 5) is 14.7. The van der Waals surface area contributed by atoms with Gasteiger partial charge in [0.25, 0.3) is 0 Å². The molecule has 2 aliphatic rings. The Morgan fingerprint density at radius 3 is 2.57 bits per heavy atom. The number of nitrogens with zero attached hydrogens (tertiary/aromatic N) is 1. The van der Waals surface area contributed by atoms with Crippen LogP contribution in [0.25, 0.3) is 0 Å². The van der Waals surface area contributed by atoms with Gasteiger partial charge in [0.2, 0.25) is 0 Å². The van der Waals surface area contributed by atoms with E-state index in [2.05, 4.69) is 39.8 Å². The summed E-state index contributed by atoms with van der Waals surface area (Å²) in [5.74, 6) is 0.669. The van der Waals surface area contributed by atoms with Crippen molar-refractivity contribution in [1.29, 1.82) is 0 Å². The van der Waals surface area contributed by atoms with E-state index in [1.807, 2.05) is 24.3 Å². The highest BCUT2D eigenvalue weighted by Crippen LogP contribution is 2.31. The molecule has 148 valence electrons. The molecular formula is C22H27N3O3. The van der Waals surface area contributed by atoms with Crippen LogP contribution < -0.4 is 15.4 Å². The molecule has 0 saturated carbocycles. The van der Waals surface area contributed by atoms with E-state index in [0.717, 1.165) is 12.1 Å². The van der Waals surface area contributed by atoms with Crippen molar-refractivity contribution < 1.29 is 14.6 Å². The molecule has 1 fully saturated rings. The average molecular weight is 381 g/mol. The van der Waals surface area contributed by atoms with Crippen molar-refractivity contribution in [3.8, 4) is 5.75 Å². The third kappa shape index (κ3) is 4.46. The zero-order valence-electron chi connectivity index (χ0n) is 15.9. The van der Waals surface area contributed by atoms with Crippen molar-refractivity contribution in [2.45, 2.75) is 38.1 Å². The van der Waals surface area contributed by atoms with Gasteiger partial charge in [-0.15, -0.1) is 0 Å². The lowest BCUT2D eigenvalue weighted by molar-refractivity contribution is 0.0774. The van der Waals surface area contributed by atoms with Gasteiger partial charge in [-0.25, -0.2) is 4.79 Å². The number of carbonyl (C=O) groups excluding carboxylic acids is 1. The summed E-state index contributed by atoms with van der Waals surface area (Å²) in [6.07, 6.45) is 1.81. The quantitative estimate of drug-likeness (QED) is 0.744. The summed E-state index contributed by atoms with van der Waals surface area (Å²) in [5, 5.41) is 16.1. The Hall–Kier alpha value is -2.57. The van der Waals surface area contributed by atoms with Crippen LogP contribution in [0.3, 0.4) is 0 Å². The molecule has 3 N–H and O–H groups in total. The number of para-hydroxylation sites is 1. The van der Waals surface area contributed by atoms with Crippen molar-refractivity contribution in [2.75, 3.05) is 19.7 Å². The average Bonchev–Trinajstić information content (AvgIpc) is 3.23. The number of hydrogen-bond acceptors (Lipinski definition) is 4. The van der Waals surface area contributed by atoms with Crippen molar-refractivity contribution >= 4 is 6.03 Å². The van der Waals surface area contributed by atoms with Gasteiger partial charge in [0, 0.05) is 18.7 Å². The number of ether oxygens (including phenoxy) is 1. The normalized spacial score (nSPS) is 21.6. The number of amides is 2. The lowest BCUT2D eigenvalue weighted by Crippen LogP contribution is -2.49. The van der Waals surface area contributed by atoms with Gasteiger partial charge in [0.05, 0.1) is 6.04 Å². The van der Waals surface area contributed by atoms with E-state index in [1.165, 1.54) is 31.5 Å². The second-order valence-electron chi connectivity index (χ2n) is 7.53. The molecular weight excluding hydrogens is 354 g/mol. The van der Waals surface area contributed by atoms with Crippen molar-refractivity contribution in [2.24, 2.45) is 0 Å². The van der Waals surface area contributed by atoms with Gasteiger partial charge < -0.3 is 20.5 Å². The minimum absolute atomic E-state index is 0.247. The third-order valence-corrected chi connectivity index (χ3v) is 5.43. The number of aliphatic hydroxyl groups is 1. The van der Waals surface area contributed by atoms with Gasteiger partial charge in [0.15, 0.2) is 0 Å². The van der Waals surface area contributed by atoms with Gasteiger partial charge in [-0.2, -0.15) is 0 Å². The first kappa shape index (κ1) is 18.8. The van der Waals surface area contributed by atoms with E-state index in [9.17, 15) is 9.90 Å². The maximum atomic E-state index is 12.2. The molecule has 4 rings (SSSR count). The smallest absolute Gasteiger partial charge is 0.315 e. The molecule has 1 saturated heterocycles. The van der Waals surface area contributed by atoms with Crippen molar-refractivity contribution in [3.05, 3.63) is 65.2 Å². The molecule has 2 aliphatic heterocycles. The summed E-state index contributed by atoms with van der Waals surface area (Å²) >= 11 is 0. The number of benzene rings is 2. The fourth-order valence-electron chi connectivity index (χ4n) is 3.83. The Morgan fingerprint density at radius 1 is 1.07 bits per heavy atom. The zero-order chi connectivity index (χ0) is 19.3. The first-order valence-corrected chi connectivity index (χ1v) is 9.93. The van der Waals surface area contributed by atoms with E-state index in [1.54, 1.807) is 0 Å². The van der Waals surface area contributed by atoms with Gasteiger partial charge in [-0.05, 0) is 43.1 Å². The standard InChI is InChI=1S/C22H27N3O3/c26-21-18-5-1-2-6-20(18)28-15-19(21)24-22(27)23-13-16-7-9-17(10-8-16)14-25-11-3-4-12-25/h1-2,5-10,19,21,26H,3-4,11-15H2,(H2,23,24,27). The van der Waals surface area contributed by atoms with E-state index >= 15 is 0 Å². The minimum Gasteiger partial charge on any atom is -0.491 e. The summed E-state index contributed by atoms with van der Waals surface area (Å²) in [6.45, 7) is 4.05. The number of carbonyl (C=O) groups is 1. The summed E-state index contributed by atoms with van der Waals surface area (Å²) in [6, 6.07) is 14.9. The number of urea groups is 1. The Kier molecular flexibility index (Phi) is 5.78. The molecule has 2 unspecified atom stereocenters. The zero-order valence-corrected chi connectivity index (χ0v) is 15.9. The molecule has 2 amide bonds. The van der Waals surface area contributed by atoms with Crippen molar-refractivity contribution in [3.63, 3.8) is 0 Å². The Balaban J connectivity index is 1.25. The predicted octanol–water partition coefficient (Wildman–Crippen LogP) is 2.58. The maximum Gasteiger partial charge on any atom is 0.315 e. The van der Waals surface area contributed by atoms with Crippen LogP contribution in [0.15, 0.2) is 48.5 Å². The summed E-state index contributed by atoms with van der Waals surface area (Å²) in [7, 11) is 0. The molecule has 6 nitrogen and oxygen atoms in total. The van der Waals surface area contributed by atoms with Crippen LogP contribution in [-0.4, -0.2) is 41.8 Å². The lowest BCUT2D eigenvalue weighted by Gasteiger charge is -2.30. The molecule has 2 aromatic rings. The van der Waals surface area contributed by atoms with E-state index < -0.39 is 12.1 Å². The van der Waals surface area contributed by atoms with Crippen LogP contribution in [0.2, 0.25) is 0 Å². The first-order valence-electron chi connectivity index (χ1n) is 9.93. The van der Waals surface area contributed by atoms with Gasteiger partial charge in [-0.1, -0.05) is 42.5 Å². The van der Waals surface area contributed by atoms with Crippen LogP contribution >= 0.6 is 0 Å². The van der Waals surface area contributed by atoms with Crippen LogP contribution in [-0.2, 0) is 13.1 Å². The highest BCUT2D eigenvalue weighted by atomic mass is 16.5. The Labute approximate surface area is 165 Å². The molecule has 2 aromatic carbocycles. The lowest BCUT2D eigenvalue weighted by atomic mass is 9.99. The molecule has 2 atom stereocenters. The highest BCUT2D eigenvalue weighted by molar-refractivity contribution is 5.74. The van der Waals surface area contributed by atoms with E-state index in [0.29, 0.717) is 17.9 Å². The second-order valence-corrected chi connectivity index (χ2v) is 7.53. The van der Waals surface area contributed by atoms with Crippen LogP contribution in [0.5, 0.6) is 5.75 Å². The van der Waals surface area contributed by atoms with Crippen LogP contribution in [0, 0.1) is 0 Å². The molecule has 0 radical (unpaired) electrons. The van der Waals surface area contributed by atoms with Crippen LogP contribution in [0.1, 0.15) is 35.6 Å². The number of rotatable bonds is 5. The molecule has 2 heterocycles. The molecule has 0 spiro atoms. The largest absolute Gasteiger partial charge is 0.491 e. The number of aliphatic hydroxyl groups excluding tert-OH is 1. The molecule has 6 heteroatoms. The third-order valence-electron chi connectivity index (χ3n) is 5.43. The van der Waals surface area contributed by atoms with Gasteiger partial charge in [0.1, 0.15) is 18.5 Å². The maximum absolute atomic E-state index is 12.2.